The van der Waals surface area contributed by atoms with Crippen LogP contribution in [0.1, 0.15) is 11.4 Å². The number of methoxy groups -OCH3 is 1. The van der Waals surface area contributed by atoms with E-state index in [1.165, 1.54) is 25.3 Å². The molecule has 0 saturated carbocycles. The Bertz CT molecular complexity index is 735. The fraction of sp³-hybridized carbons (Fsp3) is 0.231. The van der Waals surface area contributed by atoms with Crippen LogP contribution in [0.3, 0.4) is 0 Å². The molecule has 0 amide bonds. The second-order valence-electron chi connectivity index (χ2n) is 4.38. The number of nitrogens with zero attached hydrogens (tertiary/aromatic N) is 3. The van der Waals surface area contributed by atoms with Gasteiger partial charge in [-0.1, -0.05) is 5.16 Å². The van der Waals surface area contributed by atoms with Crippen LogP contribution in [-0.2, 0) is 16.0 Å². The maximum atomic E-state index is 13.2. The van der Waals surface area contributed by atoms with E-state index in [1.807, 2.05) is 5.48 Å². The van der Waals surface area contributed by atoms with Gasteiger partial charge >= 0.3 is 0 Å². The van der Waals surface area contributed by atoms with Gasteiger partial charge in [0.05, 0.1) is 16.6 Å². The molecule has 2 aromatic rings. The van der Waals surface area contributed by atoms with E-state index in [1.54, 1.807) is 0 Å². The first-order valence-corrected chi connectivity index (χ1v) is 7.10. The Morgan fingerprint density at radius 3 is 2.96 bits per heavy atom. The average Bonchev–Trinajstić information content (AvgIpc) is 2.96. The van der Waals surface area contributed by atoms with Gasteiger partial charge in [-0.15, -0.1) is 0 Å². The Hall–Kier alpha value is -2.17. The highest BCUT2D eigenvalue weighted by Gasteiger charge is 2.19. The van der Waals surface area contributed by atoms with Crippen LogP contribution in [0.15, 0.2) is 32.3 Å². The molecule has 0 atom stereocenters. The van der Waals surface area contributed by atoms with E-state index in [0.29, 0.717) is 5.69 Å². The quantitative estimate of drug-likeness (QED) is 0.442. The van der Waals surface area contributed by atoms with Crippen LogP contribution in [0, 0.1) is 5.82 Å². The Morgan fingerprint density at radius 2 is 2.30 bits per heavy atom. The van der Waals surface area contributed by atoms with Crippen LogP contribution in [0.4, 0.5) is 10.1 Å². The molecular formula is C13H12BrFN4O4. The summed E-state index contributed by atoms with van der Waals surface area (Å²) >= 11 is 3.04. The first kappa shape index (κ1) is 17.2. The second-order valence-corrected chi connectivity index (χ2v) is 5.23. The third kappa shape index (κ3) is 4.41. The Kier molecular flexibility index (Phi) is 5.90. The molecule has 0 spiro atoms. The number of ketones is 1. The molecule has 0 aliphatic heterocycles. The summed E-state index contributed by atoms with van der Waals surface area (Å²) < 4.78 is 22.8. The minimum atomic E-state index is -0.448. The van der Waals surface area contributed by atoms with E-state index < -0.39 is 5.82 Å². The highest BCUT2D eigenvalue weighted by atomic mass is 79.9. The van der Waals surface area contributed by atoms with Crippen LogP contribution in [0.2, 0.25) is 0 Å². The molecule has 0 bridgehead atoms. The molecule has 0 aliphatic carbocycles. The zero-order valence-corrected chi connectivity index (χ0v) is 13.5. The number of hydrogen-bond donors (Lipinski definition) is 2. The zero-order chi connectivity index (χ0) is 16.8. The van der Waals surface area contributed by atoms with Crippen molar-refractivity contribution in [2.75, 3.05) is 13.7 Å². The number of hydroxylamine groups is 1. The summed E-state index contributed by atoms with van der Waals surface area (Å²) in [5, 5.41) is 16.5. The number of aliphatic imine (C=N–C) groups is 1. The number of ether oxygens (including phenoxy) is 1. The second kappa shape index (κ2) is 7.90. The summed E-state index contributed by atoms with van der Waals surface area (Å²) in [6, 6.07) is 4.03. The topological polar surface area (TPSA) is 110 Å². The van der Waals surface area contributed by atoms with Crippen molar-refractivity contribution < 1.29 is 23.8 Å². The monoisotopic (exact) mass is 386 g/mol. The molecule has 0 fully saturated rings. The molecular weight excluding hydrogens is 375 g/mol. The number of aromatic nitrogens is 2. The van der Waals surface area contributed by atoms with Gasteiger partial charge in [0.25, 0.3) is 0 Å². The van der Waals surface area contributed by atoms with Crippen LogP contribution in [0.5, 0.6) is 0 Å². The number of halogens is 2. The number of nitrogens with one attached hydrogen (secondary N) is 1. The van der Waals surface area contributed by atoms with Gasteiger partial charge in [-0.25, -0.2) is 14.0 Å². The van der Waals surface area contributed by atoms with Gasteiger partial charge < -0.3 is 4.74 Å². The average molecular weight is 387 g/mol. The number of hydrogen-bond acceptors (Lipinski definition) is 7. The van der Waals surface area contributed by atoms with E-state index in [2.05, 4.69) is 35.9 Å². The van der Waals surface area contributed by atoms with Crippen LogP contribution in [-0.4, -0.2) is 40.9 Å². The minimum absolute atomic E-state index is 0.0670. The molecule has 2 N–H and O–H groups in total. The summed E-state index contributed by atoms with van der Waals surface area (Å²) in [5.74, 6) is -0.785. The van der Waals surface area contributed by atoms with Crippen molar-refractivity contribution >= 4 is 33.2 Å². The Balaban J connectivity index is 2.30. The van der Waals surface area contributed by atoms with Crippen molar-refractivity contribution in [3.63, 3.8) is 0 Å². The highest BCUT2D eigenvalue weighted by Crippen LogP contribution is 2.22. The molecule has 10 heteroatoms. The summed E-state index contributed by atoms with van der Waals surface area (Å²) in [7, 11) is 1.40. The number of benzene rings is 1. The summed E-state index contributed by atoms with van der Waals surface area (Å²) in [4.78, 5) is 15.7. The van der Waals surface area contributed by atoms with Gasteiger partial charge in [0.1, 0.15) is 18.1 Å². The third-order valence-electron chi connectivity index (χ3n) is 2.70. The maximum Gasteiger partial charge on any atom is 0.182 e. The van der Waals surface area contributed by atoms with E-state index >= 15 is 0 Å². The lowest BCUT2D eigenvalue weighted by Gasteiger charge is -2.03. The Morgan fingerprint density at radius 1 is 1.52 bits per heavy atom. The number of amidine groups is 1. The lowest BCUT2D eigenvalue weighted by Crippen LogP contribution is -2.23. The van der Waals surface area contributed by atoms with Crippen molar-refractivity contribution in [2.24, 2.45) is 4.99 Å². The number of Topliss-reactive ketones (excluding diaryl/α,β-unsaturated/α-hetero) is 1. The highest BCUT2D eigenvalue weighted by molar-refractivity contribution is 9.10. The van der Waals surface area contributed by atoms with Crippen molar-refractivity contribution in [2.45, 2.75) is 6.42 Å². The Labute approximate surface area is 138 Å². The first-order valence-electron chi connectivity index (χ1n) is 6.31. The fourth-order valence-electron chi connectivity index (χ4n) is 1.72. The van der Waals surface area contributed by atoms with Crippen LogP contribution < -0.4 is 5.48 Å². The molecule has 23 heavy (non-hydrogen) atoms. The van der Waals surface area contributed by atoms with Crippen molar-refractivity contribution in [1.29, 1.82) is 0 Å². The number of carbonyl (C=O) groups is 1. The molecule has 1 aromatic heterocycles. The lowest BCUT2D eigenvalue weighted by molar-refractivity contribution is -0.122. The molecule has 0 aliphatic rings. The molecule has 8 nitrogen and oxygen atoms in total. The van der Waals surface area contributed by atoms with Gasteiger partial charge in [-0.3, -0.25) is 15.5 Å². The molecule has 0 saturated heterocycles. The molecule has 2 rings (SSSR count). The van der Waals surface area contributed by atoms with E-state index in [0.717, 1.165) is 0 Å². The normalized spacial score (nSPS) is 11.6. The van der Waals surface area contributed by atoms with E-state index in [4.69, 9.17) is 4.74 Å². The largest absolute Gasteiger partial charge is 0.377 e. The smallest absolute Gasteiger partial charge is 0.182 e. The summed E-state index contributed by atoms with van der Waals surface area (Å²) in [5.41, 5.74) is 2.46. The summed E-state index contributed by atoms with van der Waals surface area (Å²) in [6.45, 7) is -0.0871. The SMILES string of the molecule is COCC(=O)Cc1nonc1C(=Nc1ccc(F)c(Br)c1)NO. The van der Waals surface area contributed by atoms with Gasteiger partial charge in [-0.05, 0) is 39.3 Å². The first-order chi connectivity index (χ1) is 11.0. The van der Waals surface area contributed by atoms with Gasteiger partial charge in [0, 0.05) is 7.11 Å². The molecule has 0 radical (unpaired) electrons. The lowest BCUT2D eigenvalue weighted by atomic mass is 10.2. The van der Waals surface area contributed by atoms with Crippen molar-refractivity contribution in [3.05, 3.63) is 39.9 Å². The van der Waals surface area contributed by atoms with Crippen LogP contribution in [0.25, 0.3) is 0 Å². The van der Waals surface area contributed by atoms with E-state index in [9.17, 15) is 14.4 Å². The summed E-state index contributed by atoms with van der Waals surface area (Å²) in [6.07, 6.45) is -0.0967. The predicted octanol–water partition coefficient (Wildman–Crippen LogP) is 1.79. The van der Waals surface area contributed by atoms with Gasteiger partial charge in [0.2, 0.25) is 0 Å². The standard InChI is InChI=1S/C13H12BrFN4O4/c1-22-6-8(20)5-11-12(19-23-18-11)13(17-21)16-7-2-3-10(15)9(14)4-7/h2-4,21H,5-6H2,1H3,(H,16,17). The molecule has 0 unspecified atom stereocenters. The third-order valence-corrected chi connectivity index (χ3v) is 3.31. The van der Waals surface area contributed by atoms with Crippen molar-refractivity contribution in [3.8, 4) is 0 Å². The van der Waals surface area contributed by atoms with Gasteiger partial charge in [0.15, 0.2) is 17.3 Å². The van der Waals surface area contributed by atoms with E-state index in [-0.39, 0.29) is 40.5 Å². The fourth-order valence-corrected chi connectivity index (χ4v) is 2.08. The number of carbonyl (C=O) groups excluding carboxylic acids is 1. The predicted molar refractivity (Wildman–Crippen MR) is 80.1 cm³/mol. The van der Waals surface area contributed by atoms with Crippen LogP contribution >= 0.6 is 15.9 Å². The minimum Gasteiger partial charge on any atom is -0.377 e. The molecule has 1 heterocycles. The zero-order valence-electron chi connectivity index (χ0n) is 11.9. The molecule has 1 aromatic carbocycles. The number of rotatable bonds is 6. The maximum absolute atomic E-state index is 13.2. The van der Waals surface area contributed by atoms with Crippen molar-refractivity contribution in [1.82, 2.24) is 15.8 Å². The molecule has 122 valence electrons. The van der Waals surface area contributed by atoms with Gasteiger partial charge in [-0.2, -0.15) is 0 Å².